The second-order valence-corrected chi connectivity index (χ2v) is 5.20. The van der Waals surface area contributed by atoms with E-state index in [9.17, 15) is 0 Å². The maximum atomic E-state index is 6.28. The summed E-state index contributed by atoms with van der Waals surface area (Å²) in [6.07, 6.45) is 2.20. The Labute approximate surface area is 113 Å². The lowest BCUT2D eigenvalue weighted by molar-refractivity contribution is 0.430. The van der Waals surface area contributed by atoms with E-state index in [0.717, 1.165) is 45.7 Å². The normalized spacial score (nSPS) is 13.2. The summed E-state index contributed by atoms with van der Waals surface area (Å²) in [6.45, 7) is 6.24. The molecule has 1 unspecified atom stereocenters. The van der Waals surface area contributed by atoms with Crippen molar-refractivity contribution in [2.24, 2.45) is 0 Å². The second kappa shape index (κ2) is 5.33. The Morgan fingerprint density at radius 2 is 2.06 bits per heavy atom. The number of fused-ring (bicyclic) bond motifs is 1. The van der Waals surface area contributed by atoms with E-state index in [1.807, 2.05) is 27.0 Å². The van der Waals surface area contributed by atoms with E-state index < -0.39 is 0 Å². The molecule has 0 spiro atoms. The van der Waals surface area contributed by atoms with Crippen LogP contribution in [0.3, 0.4) is 0 Å². The minimum absolute atomic E-state index is 0.279. The predicted octanol–water partition coefficient (Wildman–Crippen LogP) is 4.76. The van der Waals surface area contributed by atoms with Crippen molar-refractivity contribution in [1.82, 2.24) is 5.32 Å². The first-order valence-electron chi connectivity index (χ1n) is 6.44. The highest BCUT2D eigenvalue weighted by molar-refractivity contribution is 6.33. The summed E-state index contributed by atoms with van der Waals surface area (Å²) in [5, 5.41) is 5.26. The van der Waals surface area contributed by atoms with Crippen LogP contribution in [0.15, 0.2) is 16.5 Å². The zero-order chi connectivity index (χ0) is 13.3. The molecule has 0 amide bonds. The van der Waals surface area contributed by atoms with Crippen LogP contribution in [0.2, 0.25) is 5.02 Å². The zero-order valence-electron chi connectivity index (χ0n) is 11.4. The van der Waals surface area contributed by atoms with Gasteiger partial charge in [-0.1, -0.05) is 24.9 Å². The van der Waals surface area contributed by atoms with Gasteiger partial charge in [0.15, 0.2) is 0 Å². The first kappa shape index (κ1) is 13.4. The summed E-state index contributed by atoms with van der Waals surface area (Å²) in [6, 6.07) is 4.42. The number of hydrogen-bond acceptors (Lipinski definition) is 2. The first-order valence-corrected chi connectivity index (χ1v) is 6.82. The van der Waals surface area contributed by atoms with Gasteiger partial charge in [-0.05, 0) is 50.6 Å². The standard InChI is InChI=1S/C15H20ClNO/c1-5-6-12(17-4)14-8-11-10(3)15(16)9(2)7-13(11)18-14/h7-8,12,17H,5-6H2,1-4H3. The van der Waals surface area contributed by atoms with Crippen LogP contribution in [-0.4, -0.2) is 7.05 Å². The number of rotatable bonds is 4. The Bertz CT molecular complexity index is 559. The average molecular weight is 266 g/mol. The molecule has 0 bridgehead atoms. The van der Waals surface area contributed by atoms with Gasteiger partial charge in [0.25, 0.3) is 0 Å². The van der Waals surface area contributed by atoms with Gasteiger partial charge in [0.1, 0.15) is 11.3 Å². The van der Waals surface area contributed by atoms with Crippen molar-refractivity contribution in [2.75, 3.05) is 7.05 Å². The molecule has 0 saturated carbocycles. The van der Waals surface area contributed by atoms with Crippen LogP contribution in [-0.2, 0) is 0 Å². The molecule has 3 heteroatoms. The summed E-state index contributed by atoms with van der Waals surface area (Å²) in [4.78, 5) is 0. The van der Waals surface area contributed by atoms with Gasteiger partial charge in [0.2, 0.25) is 0 Å². The monoisotopic (exact) mass is 265 g/mol. The quantitative estimate of drug-likeness (QED) is 0.862. The third-order valence-corrected chi connectivity index (χ3v) is 4.06. The number of aryl methyl sites for hydroxylation is 2. The molecular weight excluding hydrogens is 246 g/mol. The molecule has 2 rings (SSSR count). The molecule has 0 aliphatic heterocycles. The molecule has 0 aliphatic rings. The van der Waals surface area contributed by atoms with Crippen molar-refractivity contribution in [3.63, 3.8) is 0 Å². The molecule has 0 radical (unpaired) electrons. The number of nitrogens with one attached hydrogen (secondary N) is 1. The van der Waals surface area contributed by atoms with Crippen molar-refractivity contribution >= 4 is 22.6 Å². The topological polar surface area (TPSA) is 25.2 Å². The minimum atomic E-state index is 0.279. The van der Waals surface area contributed by atoms with Gasteiger partial charge in [0.05, 0.1) is 6.04 Å². The highest BCUT2D eigenvalue weighted by atomic mass is 35.5. The van der Waals surface area contributed by atoms with Crippen molar-refractivity contribution in [3.05, 3.63) is 34.0 Å². The molecule has 1 heterocycles. The van der Waals surface area contributed by atoms with E-state index in [-0.39, 0.29) is 6.04 Å². The number of furan rings is 1. The second-order valence-electron chi connectivity index (χ2n) is 4.82. The Balaban J connectivity index is 2.53. The van der Waals surface area contributed by atoms with Gasteiger partial charge in [0, 0.05) is 10.4 Å². The lowest BCUT2D eigenvalue weighted by Gasteiger charge is -2.11. The van der Waals surface area contributed by atoms with E-state index in [0.29, 0.717) is 0 Å². The Kier molecular flexibility index (Phi) is 3.98. The van der Waals surface area contributed by atoms with Gasteiger partial charge in [-0.25, -0.2) is 0 Å². The van der Waals surface area contributed by atoms with Crippen LogP contribution in [0.5, 0.6) is 0 Å². The first-order chi connectivity index (χ1) is 8.58. The molecule has 0 fully saturated rings. The van der Waals surface area contributed by atoms with E-state index in [1.54, 1.807) is 0 Å². The molecule has 0 saturated heterocycles. The van der Waals surface area contributed by atoms with Gasteiger partial charge < -0.3 is 9.73 Å². The SMILES string of the molecule is CCCC(NC)c1cc2c(C)c(Cl)c(C)cc2o1. The van der Waals surface area contributed by atoms with Gasteiger partial charge >= 0.3 is 0 Å². The van der Waals surface area contributed by atoms with E-state index in [2.05, 4.69) is 18.3 Å². The van der Waals surface area contributed by atoms with Crippen LogP contribution in [0.25, 0.3) is 11.0 Å². The summed E-state index contributed by atoms with van der Waals surface area (Å²) in [5.41, 5.74) is 3.10. The Morgan fingerprint density at radius 3 is 2.67 bits per heavy atom. The fourth-order valence-electron chi connectivity index (χ4n) is 2.39. The highest BCUT2D eigenvalue weighted by Gasteiger charge is 2.16. The summed E-state index contributed by atoms with van der Waals surface area (Å²) >= 11 is 6.28. The fourth-order valence-corrected chi connectivity index (χ4v) is 2.54. The summed E-state index contributed by atoms with van der Waals surface area (Å²) in [5.74, 6) is 0.999. The molecule has 1 aromatic heterocycles. The highest BCUT2D eigenvalue weighted by Crippen LogP contribution is 2.33. The van der Waals surface area contributed by atoms with Crippen LogP contribution >= 0.6 is 11.6 Å². The molecule has 2 nitrogen and oxygen atoms in total. The van der Waals surface area contributed by atoms with Crippen molar-refractivity contribution in [3.8, 4) is 0 Å². The van der Waals surface area contributed by atoms with Crippen LogP contribution < -0.4 is 5.32 Å². The van der Waals surface area contributed by atoms with Crippen LogP contribution in [0.1, 0.15) is 42.7 Å². The lowest BCUT2D eigenvalue weighted by atomic mass is 10.1. The molecule has 0 aliphatic carbocycles. The summed E-state index contributed by atoms with van der Waals surface area (Å²) < 4.78 is 5.97. The van der Waals surface area contributed by atoms with E-state index in [1.165, 1.54) is 0 Å². The molecule has 18 heavy (non-hydrogen) atoms. The predicted molar refractivity (Wildman–Crippen MR) is 77.4 cm³/mol. The fraction of sp³-hybridized carbons (Fsp3) is 0.467. The largest absolute Gasteiger partial charge is 0.459 e. The number of halogens is 1. The van der Waals surface area contributed by atoms with Gasteiger partial charge in [-0.2, -0.15) is 0 Å². The molecule has 98 valence electrons. The van der Waals surface area contributed by atoms with Crippen molar-refractivity contribution < 1.29 is 4.42 Å². The lowest BCUT2D eigenvalue weighted by Crippen LogP contribution is -2.15. The van der Waals surface area contributed by atoms with Gasteiger partial charge in [-0.15, -0.1) is 0 Å². The van der Waals surface area contributed by atoms with Crippen LogP contribution in [0.4, 0.5) is 0 Å². The van der Waals surface area contributed by atoms with Crippen molar-refractivity contribution in [1.29, 1.82) is 0 Å². The number of hydrogen-bond donors (Lipinski definition) is 1. The maximum Gasteiger partial charge on any atom is 0.135 e. The zero-order valence-corrected chi connectivity index (χ0v) is 12.2. The molecule has 1 N–H and O–H groups in total. The van der Waals surface area contributed by atoms with E-state index >= 15 is 0 Å². The number of benzene rings is 1. The summed E-state index contributed by atoms with van der Waals surface area (Å²) in [7, 11) is 1.97. The molecule has 2 aromatic rings. The average Bonchev–Trinajstić information content (AvgIpc) is 2.77. The molecule has 1 atom stereocenters. The minimum Gasteiger partial charge on any atom is -0.459 e. The third kappa shape index (κ3) is 2.27. The van der Waals surface area contributed by atoms with Crippen molar-refractivity contribution in [2.45, 2.75) is 39.7 Å². The Hall–Kier alpha value is -0.990. The maximum absolute atomic E-state index is 6.28. The molecular formula is C15H20ClNO. The Morgan fingerprint density at radius 1 is 1.33 bits per heavy atom. The van der Waals surface area contributed by atoms with Gasteiger partial charge in [-0.3, -0.25) is 0 Å². The molecule has 1 aromatic carbocycles. The van der Waals surface area contributed by atoms with E-state index in [4.69, 9.17) is 16.0 Å². The van der Waals surface area contributed by atoms with Crippen LogP contribution in [0, 0.1) is 13.8 Å². The third-order valence-electron chi connectivity index (χ3n) is 3.48. The smallest absolute Gasteiger partial charge is 0.135 e.